The Hall–Kier alpha value is -0.690. The Morgan fingerprint density at radius 1 is 1.24 bits per heavy atom. The molecule has 0 saturated heterocycles. The summed E-state index contributed by atoms with van der Waals surface area (Å²) < 4.78 is 16.0. The molecule has 6 nitrogen and oxygen atoms in total. The first-order valence-corrected chi connectivity index (χ1v) is 7.75. The Labute approximate surface area is 127 Å². The molecule has 1 aliphatic carbocycles. The minimum absolute atomic E-state index is 0.194. The van der Waals surface area contributed by atoms with Gasteiger partial charge in [0.05, 0.1) is 19.8 Å². The first-order chi connectivity index (χ1) is 10.0. The summed E-state index contributed by atoms with van der Waals surface area (Å²) in [7, 11) is 1.65. The maximum Gasteiger partial charge on any atom is 0.240 e. The lowest BCUT2D eigenvalue weighted by atomic mass is 9.92. The number of rotatable bonds is 13. The van der Waals surface area contributed by atoms with Crippen LogP contribution in [0.3, 0.4) is 0 Å². The van der Waals surface area contributed by atoms with E-state index in [1.165, 1.54) is 0 Å². The van der Waals surface area contributed by atoms with E-state index in [2.05, 4.69) is 5.32 Å². The molecule has 6 heteroatoms. The molecular formula is C15H30N2O4. The number of primary amides is 1. The van der Waals surface area contributed by atoms with Crippen LogP contribution in [0, 0.1) is 5.92 Å². The number of carbonyl (C=O) groups excluding carboxylic acids is 1. The fourth-order valence-corrected chi connectivity index (χ4v) is 2.45. The average Bonchev–Trinajstić information content (AvgIpc) is 3.24. The highest BCUT2D eigenvalue weighted by molar-refractivity contribution is 5.85. The molecule has 0 radical (unpaired) electrons. The molecule has 0 heterocycles. The third-order valence-electron chi connectivity index (χ3n) is 3.60. The van der Waals surface area contributed by atoms with Crippen LogP contribution in [0.2, 0.25) is 0 Å². The molecule has 0 aliphatic heterocycles. The third-order valence-corrected chi connectivity index (χ3v) is 3.60. The van der Waals surface area contributed by atoms with Gasteiger partial charge in [0.2, 0.25) is 5.91 Å². The van der Waals surface area contributed by atoms with Gasteiger partial charge in [0.1, 0.15) is 5.54 Å². The summed E-state index contributed by atoms with van der Waals surface area (Å²) in [4.78, 5) is 11.9. The van der Waals surface area contributed by atoms with E-state index < -0.39 is 5.54 Å². The lowest BCUT2D eigenvalue weighted by Gasteiger charge is -2.33. The first-order valence-electron chi connectivity index (χ1n) is 7.75. The molecule has 1 rings (SSSR count). The number of nitrogens with one attached hydrogen (secondary N) is 1. The highest BCUT2D eigenvalue weighted by atomic mass is 16.5. The summed E-state index contributed by atoms with van der Waals surface area (Å²) >= 11 is 0. The van der Waals surface area contributed by atoms with Crippen LogP contribution in [0.25, 0.3) is 0 Å². The first kappa shape index (κ1) is 18.4. The van der Waals surface area contributed by atoms with Gasteiger partial charge >= 0.3 is 0 Å². The molecule has 1 unspecified atom stereocenters. The van der Waals surface area contributed by atoms with Crippen molar-refractivity contribution in [2.45, 2.75) is 44.7 Å². The average molecular weight is 302 g/mol. The zero-order valence-electron chi connectivity index (χ0n) is 13.5. The quantitative estimate of drug-likeness (QED) is 0.489. The molecule has 1 saturated carbocycles. The van der Waals surface area contributed by atoms with E-state index in [4.69, 9.17) is 19.9 Å². The zero-order valence-corrected chi connectivity index (χ0v) is 13.5. The number of hydrogen-bond donors (Lipinski definition) is 2. The van der Waals surface area contributed by atoms with Gasteiger partial charge < -0.3 is 19.9 Å². The molecule has 21 heavy (non-hydrogen) atoms. The van der Waals surface area contributed by atoms with Gasteiger partial charge in [0, 0.05) is 26.4 Å². The van der Waals surface area contributed by atoms with Crippen molar-refractivity contribution < 1.29 is 19.0 Å². The van der Waals surface area contributed by atoms with Crippen molar-refractivity contribution in [1.82, 2.24) is 5.32 Å². The van der Waals surface area contributed by atoms with Crippen LogP contribution in [-0.2, 0) is 19.0 Å². The van der Waals surface area contributed by atoms with E-state index in [1.54, 1.807) is 7.11 Å². The Bertz CT molecular complexity index is 308. The zero-order chi connectivity index (χ0) is 15.7. The number of hydrogen-bond acceptors (Lipinski definition) is 5. The predicted octanol–water partition coefficient (Wildman–Crippen LogP) is 0.688. The Morgan fingerprint density at radius 3 is 2.43 bits per heavy atom. The molecule has 0 bridgehead atoms. The summed E-state index contributed by atoms with van der Waals surface area (Å²) in [6.45, 7) is 6.77. The number of amides is 1. The molecule has 0 spiro atoms. The van der Waals surface area contributed by atoms with Gasteiger partial charge in [-0.25, -0.2) is 0 Å². The Balaban J connectivity index is 2.28. The van der Waals surface area contributed by atoms with Gasteiger partial charge in [-0.1, -0.05) is 0 Å². The highest BCUT2D eigenvalue weighted by Gasteiger charge is 2.50. The van der Waals surface area contributed by atoms with Crippen LogP contribution in [-0.4, -0.2) is 57.6 Å². The number of ether oxygens (including phenoxy) is 3. The largest absolute Gasteiger partial charge is 0.382 e. The number of carbonyl (C=O) groups is 1. The second kappa shape index (κ2) is 9.35. The second-order valence-electron chi connectivity index (χ2n) is 5.92. The van der Waals surface area contributed by atoms with E-state index in [1.807, 2.05) is 13.8 Å². The van der Waals surface area contributed by atoms with Crippen molar-refractivity contribution in [2.24, 2.45) is 11.7 Å². The SMILES string of the molecule is COCCOCCCOCC(NC(C)C)(C(N)=O)C1CC1. The van der Waals surface area contributed by atoms with Gasteiger partial charge in [0.25, 0.3) is 0 Å². The molecule has 0 aromatic heterocycles. The monoisotopic (exact) mass is 302 g/mol. The molecule has 1 amide bonds. The van der Waals surface area contributed by atoms with Crippen LogP contribution in [0.1, 0.15) is 33.1 Å². The molecular weight excluding hydrogens is 272 g/mol. The standard InChI is InChI=1S/C15H30N2O4/c1-12(2)17-15(14(16)18,13-5-6-13)11-21-8-4-7-20-10-9-19-3/h12-13,17H,4-11H2,1-3H3,(H2,16,18). The lowest BCUT2D eigenvalue weighted by molar-refractivity contribution is -0.128. The number of methoxy groups -OCH3 is 1. The summed E-state index contributed by atoms with van der Waals surface area (Å²) in [6.07, 6.45) is 2.86. The van der Waals surface area contributed by atoms with E-state index in [0.717, 1.165) is 19.3 Å². The number of nitrogens with two attached hydrogens (primary N) is 1. The summed E-state index contributed by atoms with van der Waals surface area (Å²) in [5, 5.41) is 3.33. The maximum absolute atomic E-state index is 11.9. The van der Waals surface area contributed by atoms with Gasteiger partial charge in [-0.05, 0) is 39.0 Å². The summed E-state index contributed by atoms with van der Waals surface area (Å²) in [5.41, 5.74) is 4.92. The third kappa shape index (κ3) is 6.30. The minimum atomic E-state index is -0.717. The van der Waals surface area contributed by atoms with E-state index in [0.29, 0.717) is 39.0 Å². The minimum Gasteiger partial charge on any atom is -0.382 e. The fourth-order valence-electron chi connectivity index (χ4n) is 2.45. The molecule has 124 valence electrons. The van der Waals surface area contributed by atoms with Crippen LogP contribution in [0.4, 0.5) is 0 Å². The van der Waals surface area contributed by atoms with E-state index in [-0.39, 0.29) is 11.9 Å². The van der Waals surface area contributed by atoms with Gasteiger partial charge in [-0.15, -0.1) is 0 Å². The Kier molecular flexibility index (Phi) is 8.18. The van der Waals surface area contributed by atoms with Crippen molar-refractivity contribution in [2.75, 3.05) is 40.1 Å². The fraction of sp³-hybridized carbons (Fsp3) is 0.933. The van der Waals surface area contributed by atoms with Gasteiger partial charge in [-0.2, -0.15) is 0 Å². The highest BCUT2D eigenvalue weighted by Crippen LogP contribution is 2.40. The molecule has 1 fully saturated rings. The van der Waals surface area contributed by atoms with Crippen molar-refractivity contribution in [3.63, 3.8) is 0 Å². The lowest BCUT2D eigenvalue weighted by Crippen LogP contribution is -2.62. The van der Waals surface area contributed by atoms with Crippen LogP contribution < -0.4 is 11.1 Å². The normalized spacial score (nSPS) is 17.9. The molecule has 0 aromatic rings. The van der Waals surface area contributed by atoms with Gasteiger partial charge in [-0.3, -0.25) is 10.1 Å². The van der Waals surface area contributed by atoms with Gasteiger partial charge in [0.15, 0.2) is 0 Å². The molecule has 3 N–H and O–H groups in total. The maximum atomic E-state index is 11.9. The van der Waals surface area contributed by atoms with E-state index in [9.17, 15) is 4.79 Å². The Morgan fingerprint density at radius 2 is 1.90 bits per heavy atom. The van der Waals surface area contributed by atoms with Crippen LogP contribution >= 0.6 is 0 Å². The second-order valence-corrected chi connectivity index (χ2v) is 5.92. The van der Waals surface area contributed by atoms with Crippen LogP contribution in [0.5, 0.6) is 0 Å². The van der Waals surface area contributed by atoms with E-state index >= 15 is 0 Å². The predicted molar refractivity (Wildman–Crippen MR) is 81.1 cm³/mol. The molecule has 1 atom stereocenters. The smallest absolute Gasteiger partial charge is 0.240 e. The van der Waals surface area contributed by atoms with Crippen LogP contribution in [0.15, 0.2) is 0 Å². The topological polar surface area (TPSA) is 82.8 Å². The summed E-state index contributed by atoms with van der Waals surface area (Å²) in [6, 6.07) is 0.194. The van der Waals surface area contributed by atoms with Crippen molar-refractivity contribution in [3.8, 4) is 0 Å². The molecule has 0 aromatic carbocycles. The van der Waals surface area contributed by atoms with Crippen molar-refractivity contribution >= 4 is 5.91 Å². The molecule has 1 aliphatic rings. The van der Waals surface area contributed by atoms with Crippen molar-refractivity contribution in [3.05, 3.63) is 0 Å². The van der Waals surface area contributed by atoms with Crippen molar-refractivity contribution in [1.29, 1.82) is 0 Å². The summed E-state index contributed by atoms with van der Waals surface area (Å²) in [5.74, 6) is -0.00889.